The molecule has 0 fully saturated rings. The SMILES string of the molecule is CC(=O)c1cc(N(C)Cc2ccoc2)ccc1N. The van der Waals surface area contributed by atoms with Gasteiger partial charge in [-0.25, -0.2) is 0 Å². The largest absolute Gasteiger partial charge is 0.472 e. The lowest BCUT2D eigenvalue weighted by atomic mass is 10.1. The van der Waals surface area contributed by atoms with Gasteiger partial charge in [-0.15, -0.1) is 0 Å². The molecule has 1 heterocycles. The Labute approximate surface area is 106 Å². The Kier molecular flexibility index (Phi) is 3.37. The van der Waals surface area contributed by atoms with Crippen LogP contribution in [0, 0.1) is 0 Å². The minimum Gasteiger partial charge on any atom is -0.472 e. The van der Waals surface area contributed by atoms with Crippen molar-refractivity contribution in [3.8, 4) is 0 Å². The highest BCUT2D eigenvalue weighted by atomic mass is 16.3. The van der Waals surface area contributed by atoms with Gasteiger partial charge in [0.15, 0.2) is 5.78 Å². The molecule has 0 saturated heterocycles. The molecule has 2 N–H and O–H groups in total. The first-order chi connectivity index (χ1) is 8.58. The van der Waals surface area contributed by atoms with E-state index in [-0.39, 0.29) is 5.78 Å². The average molecular weight is 244 g/mol. The number of carbonyl (C=O) groups is 1. The summed E-state index contributed by atoms with van der Waals surface area (Å²) in [5.74, 6) is -0.0222. The molecule has 0 aliphatic heterocycles. The van der Waals surface area contributed by atoms with Crippen LogP contribution < -0.4 is 10.6 Å². The summed E-state index contributed by atoms with van der Waals surface area (Å²) in [7, 11) is 1.96. The van der Waals surface area contributed by atoms with Crippen molar-refractivity contribution in [1.29, 1.82) is 0 Å². The van der Waals surface area contributed by atoms with Gasteiger partial charge >= 0.3 is 0 Å². The molecule has 1 aromatic carbocycles. The Morgan fingerprint density at radius 1 is 1.39 bits per heavy atom. The molecule has 0 atom stereocenters. The highest BCUT2D eigenvalue weighted by Crippen LogP contribution is 2.22. The summed E-state index contributed by atoms with van der Waals surface area (Å²) in [6.45, 7) is 2.24. The minimum atomic E-state index is -0.0222. The van der Waals surface area contributed by atoms with E-state index in [2.05, 4.69) is 0 Å². The maximum absolute atomic E-state index is 11.4. The first kappa shape index (κ1) is 12.2. The van der Waals surface area contributed by atoms with Gasteiger partial charge in [0.05, 0.1) is 12.5 Å². The quantitative estimate of drug-likeness (QED) is 0.663. The number of anilines is 2. The molecule has 0 amide bonds. The first-order valence-corrected chi connectivity index (χ1v) is 5.70. The Balaban J connectivity index is 2.22. The molecule has 4 nitrogen and oxygen atoms in total. The van der Waals surface area contributed by atoms with E-state index in [9.17, 15) is 4.79 Å². The van der Waals surface area contributed by atoms with E-state index in [0.717, 1.165) is 17.8 Å². The zero-order valence-corrected chi connectivity index (χ0v) is 10.5. The lowest BCUT2D eigenvalue weighted by molar-refractivity contribution is 0.101. The fourth-order valence-electron chi connectivity index (χ4n) is 1.83. The van der Waals surface area contributed by atoms with Crippen LogP contribution in [0.2, 0.25) is 0 Å². The van der Waals surface area contributed by atoms with E-state index in [1.807, 2.05) is 30.1 Å². The van der Waals surface area contributed by atoms with Gasteiger partial charge in [0, 0.05) is 36.1 Å². The Morgan fingerprint density at radius 3 is 2.78 bits per heavy atom. The van der Waals surface area contributed by atoms with Crippen molar-refractivity contribution >= 4 is 17.2 Å². The number of nitrogens with two attached hydrogens (primary N) is 1. The number of ketones is 1. The Morgan fingerprint density at radius 2 is 2.17 bits per heavy atom. The molecule has 2 rings (SSSR count). The molecule has 2 aromatic rings. The standard InChI is InChI=1S/C14H16N2O2/c1-10(17)13-7-12(3-4-14(13)15)16(2)8-11-5-6-18-9-11/h3-7,9H,8,15H2,1-2H3. The molecule has 4 heteroatoms. The summed E-state index contributed by atoms with van der Waals surface area (Å²) in [5.41, 5.74) is 8.89. The molecule has 0 radical (unpaired) electrons. The van der Waals surface area contributed by atoms with Gasteiger partial charge in [-0.05, 0) is 31.2 Å². The van der Waals surface area contributed by atoms with Crippen molar-refractivity contribution in [3.63, 3.8) is 0 Å². The van der Waals surface area contributed by atoms with E-state index >= 15 is 0 Å². The molecule has 0 spiro atoms. The van der Waals surface area contributed by atoms with Gasteiger partial charge in [-0.1, -0.05) is 0 Å². The van der Waals surface area contributed by atoms with Crippen molar-refractivity contribution < 1.29 is 9.21 Å². The molecule has 0 saturated carbocycles. The second-order valence-electron chi connectivity index (χ2n) is 4.32. The topological polar surface area (TPSA) is 59.5 Å². The highest BCUT2D eigenvalue weighted by molar-refractivity contribution is 6.00. The number of rotatable bonds is 4. The van der Waals surface area contributed by atoms with Gasteiger partial charge in [-0.2, -0.15) is 0 Å². The van der Waals surface area contributed by atoms with Gasteiger partial charge in [0.1, 0.15) is 0 Å². The normalized spacial score (nSPS) is 10.3. The molecule has 94 valence electrons. The number of benzene rings is 1. The number of furan rings is 1. The second-order valence-corrected chi connectivity index (χ2v) is 4.32. The molecular formula is C14H16N2O2. The summed E-state index contributed by atoms with van der Waals surface area (Å²) in [5, 5.41) is 0. The number of nitrogens with zero attached hydrogens (tertiary/aromatic N) is 1. The van der Waals surface area contributed by atoms with E-state index in [1.165, 1.54) is 6.92 Å². The summed E-state index contributed by atoms with van der Waals surface area (Å²) in [4.78, 5) is 13.5. The molecule has 18 heavy (non-hydrogen) atoms. The summed E-state index contributed by atoms with van der Waals surface area (Å²) >= 11 is 0. The average Bonchev–Trinajstić information content (AvgIpc) is 2.81. The fourth-order valence-corrected chi connectivity index (χ4v) is 1.83. The van der Waals surface area contributed by atoms with E-state index < -0.39 is 0 Å². The van der Waals surface area contributed by atoms with Crippen LogP contribution in [-0.2, 0) is 6.54 Å². The van der Waals surface area contributed by atoms with Crippen LogP contribution in [0.1, 0.15) is 22.8 Å². The van der Waals surface area contributed by atoms with E-state index in [0.29, 0.717) is 11.3 Å². The Bertz CT molecular complexity index is 547. The predicted molar refractivity (Wildman–Crippen MR) is 71.7 cm³/mol. The molecular weight excluding hydrogens is 228 g/mol. The summed E-state index contributed by atoms with van der Waals surface area (Å²) in [6, 6.07) is 7.40. The lowest BCUT2D eigenvalue weighted by Crippen LogP contribution is -2.16. The van der Waals surface area contributed by atoms with Crippen molar-refractivity contribution in [2.45, 2.75) is 13.5 Å². The number of carbonyl (C=O) groups excluding carboxylic acids is 1. The summed E-state index contributed by atoms with van der Waals surface area (Å²) < 4.78 is 5.03. The van der Waals surface area contributed by atoms with Gasteiger partial charge in [0.25, 0.3) is 0 Å². The third kappa shape index (κ3) is 2.53. The van der Waals surface area contributed by atoms with E-state index in [4.69, 9.17) is 10.2 Å². The van der Waals surface area contributed by atoms with Crippen molar-refractivity contribution in [3.05, 3.63) is 47.9 Å². The zero-order chi connectivity index (χ0) is 13.1. The molecule has 0 unspecified atom stereocenters. The van der Waals surface area contributed by atoms with Gasteiger partial charge in [-0.3, -0.25) is 4.79 Å². The minimum absolute atomic E-state index is 0.0222. The van der Waals surface area contributed by atoms with Crippen LogP contribution in [0.15, 0.2) is 41.2 Å². The predicted octanol–water partition coefficient (Wildman–Crippen LogP) is 2.70. The maximum atomic E-state index is 11.4. The lowest BCUT2D eigenvalue weighted by Gasteiger charge is -2.19. The summed E-state index contributed by atoms with van der Waals surface area (Å²) in [6.07, 6.45) is 3.35. The highest BCUT2D eigenvalue weighted by Gasteiger charge is 2.09. The van der Waals surface area contributed by atoms with Crippen LogP contribution in [0.3, 0.4) is 0 Å². The van der Waals surface area contributed by atoms with Crippen LogP contribution in [0.25, 0.3) is 0 Å². The second kappa shape index (κ2) is 4.96. The van der Waals surface area contributed by atoms with Crippen LogP contribution >= 0.6 is 0 Å². The first-order valence-electron chi connectivity index (χ1n) is 5.70. The third-order valence-electron chi connectivity index (χ3n) is 2.86. The smallest absolute Gasteiger partial charge is 0.161 e. The van der Waals surface area contributed by atoms with Crippen molar-refractivity contribution in [2.75, 3.05) is 17.7 Å². The fraction of sp³-hybridized carbons (Fsp3) is 0.214. The number of hydrogen-bond donors (Lipinski definition) is 1. The van der Waals surface area contributed by atoms with Crippen LogP contribution in [0.4, 0.5) is 11.4 Å². The number of Topliss-reactive ketones (excluding diaryl/α,β-unsaturated/α-hetero) is 1. The monoisotopic (exact) mass is 244 g/mol. The number of nitrogen functional groups attached to an aromatic ring is 1. The van der Waals surface area contributed by atoms with E-state index in [1.54, 1.807) is 18.6 Å². The van der Waals surface area contributed by atoms with Crippen LogP contribution in [0.5, 0.6) is 0 Å². The van der Waals surface area contributed by atoms with Gasteiger partial charge < -0.3 is 15.1 Å². The zero-order valence-electron chi connectivity index (χ0n) is 10.5. The van der Waals surface area contributed by atoms with Crippen molar-refractivity contribution in [1.82, 2.24) is 0 Å². The molecule has 0 aliphatic carbocycles. The van der Waals surface area contributed by atoms with Crippen LogP contribution in [-0.4, -0.2) is 12.8 Å². The molecule has 1 aromatic heterocycles. The molecule has 0 bridgehead atoms. The molecule has 0 aliphatic rings. The maximum Gasteiger partial charge on any atom is 0.161 e. The van der Waals surface area contributed by atoms with Crippen molar-refractivity contribution in [2.24, 2.45) is 0 Å². The third-order valence-corrected chi connectivity index (χ3v) is 2.86. The number of hydrogen-bond acceptors (Lipinski definition) is 4. The Hall–Kier alpha value is -2.23. The van der Waals surface area contributed by atoms with Gasteiger partial charge in [0.2, 0.25) is 0 Å².